The monoisotopic (exact) mass is 323 g/mol. The quantitative estimate of drug-likeness (QED) is 0.611. The Kier molecular flexibility index (Phi) is 4.99. The van der Waals surface area contributed by atoms with Crippen molar-refractivity contribution in [2.75, 3.05) is 17.2 Å². The third-order valence-corrected chi connectivity index (χ3v) is 4.22. The molecule has 126 valence electrons. The summed E-state index contributed by atoms with van der Waals surface area (Å²) in [5, 5.41) is 8.04. The summed E-state index contributed by atoms with van der Waals surface area (Å²) in [6.45, 7) is 7.11. The SMILES string of the molecule is CCC(C)Nc1nc(C)cc(NCCc2c[nH]c3ccccc23)n1. The van der Waals surface area contributed by atoms with Gasteiger partial charge in [-0.1, -0.05) is 25.1 Å². The number of aromatic nitrogens is 3. The van der Waals surface area contributed by atoms with E-state index < -0.39 is 0 Å². The zero-order chi connectivity index (χ0) is 16.9. The molecule has 0 aliphatic rings. The lowest BCUT2D eigenvalue weighted by Gasteiger charge is -2.13. The van der Waals surface area contributed by atoms with Crippen molar-refractivity contribution in [3.63, 3.8) is 0 Å². The molecule has 0 aliphatic heterocycles. The van der Waals surface area contributed by atoms with E-state index in [9.17, 15) is 0 Å². The predicted molar refractivity (Wildman–Crippen MR) is 101 cm³/mol. The number of para-hydroxylation sites is 1. The van der Waals surface area contributed by atoms with Crippen molar-refractivity contribution in [3.8, 4) is 0 Å². The van der Waals surface area contributed by atoms with Crippen molar-refractivity contribution in [3.05, 3.63) is 47.8 Å². The Labute approximate surface area is 142 Å². The van der Waals surface area contributed by atoms with Crippen LogP contribution in [0.4, 0.5) is 11.8 Å². The van der Waals surface area contributed by atoms with Crippen LogP contribution in [-0.4, -0.2) is 27.5 Å². The van der Waals surface area contributed by atoms with E-state index in [2.05, 4.69) is 69.9 Å². The van der Waals surface area contributed by atoms with E-state index in [0.29, 0.717) is 12.0 Å². The van der Waals surface area contributed by atoms with Gasteiger partial charge in [0.25, 0.3) is 0 Å². The van der Waals surface area contributed by atoms with Crippen LogP contribution >= 0.6 is 0 Å². The van der Waals surface area contributed by atoms with E-state index in [4.69, 9.17) is 0 Å². The lowest BCUT2D eigenvalue weighted by molar-refractivity contribution is 0.751. The molecular formula is C19H25N5. The van der Waals surface area contributed by atoms with Crippen molar-refractivity contribution in [1.82, 2.24) is 15.0 Å². The molecule has 1 aromatic carbocycles. The van der Waals surface area contributed by atoms with Crippen LogP contribution in [0.25, 0.3) is 10.9 Å². The number of anilines is 2. The van der Waals surface area contributed by atoms with Crippen LogP contribution < -0.4 is 10.6 Å². The first-order valence-corrected chi connectivity index (χ1v) is 8.56. The van der Waals surface area contributed by atoms with E-state index in [-0.39, 0.29) is 0 Å². The Bertz CT molecular complexity index is 808. The van der Waals surface area contributed by atoms with E-state index in [1.54, 1.807) is 0 Å². The molecule has 0 radical (unpaired) electrons. The van der Waals surface area contributed by atoms with Gasteiger partial charge in [0.05, 0.1) is 0 Å². The highest BCUT2D eigenvalue weighted by Crippen LogP contribution is 2.18. The van der Waals surface area contributed by atoms with Crippen molar-refractivity contribution in [2.45, 2.75) is 39.7 Å². The number of fused-ring (bicyclic) bond motifs is 1. The van der Waals surface area contributed by atoms with Crippen LogP contribution in [0.3, 0.4) is 0 Å². The third kappa shape index (κ3) is 3.85. The van der Waals surface area contributed by atoms with Gasteiger partial charge in [0, 0.05) is 41.4 Å². The number of aromatic amines is 1. The number of rotatable bonds is 7. The van der Waals surface area contributed by atoms with Gasteiger partial charge >= 0.3 is 0 Å². The minimum absolute atomic E-state index is 0.367. The number of nitrogens with zero attached hydrogens (tertiary/aromatic N) is 2. The van der Waals surface area contributed by atoms with Gasteiger partial charge in [0.2, 0.25) is 5.95 Å². The Hall–Kier alpha value is -2.56. The molecule has 1 atom stereocenters. The molecule has 2 heterocycles. The summed E-state index contributed by atoms with van der Waals surface area (Å²) in [6.07, 6.45) is 4.08. The highest BCUT2D eigenvalue weighted by molar-refractivity contribution is 5.83. The summed E-state index contributed by atoms with van der Waals surface area (Å²) in [4.78, 5) is 12.3. The standard InChI is InChI=1S/C19H25N5/c1-4-13(2)22-19-23-14(3)11-18(24-19)20-10-9-15-12-21-17-8-6-5-7-16(15)17/h5-8,11-13,21H,4,9-10H2,1-3H3,(H2,20,22,23,24). The molecule has 5 heteroatoms. The highest BCUT2D eigenvalue weighted by atomic mass is 15.1. The lowest BCUT2D eigenvalue weighted by atomic mass is 10.1. The molecule has 0 spiro atoms. The number of H-pyrrole nitrogens is 1. The molecule has 5 nitrogen and oxygen atoms in total. The molecule has 3 aromatic rings. The van der Waals surface area contributed by atoms with E-state index in [1.165, 1.54) is 16.5 Å². The number of hydrogen-bond acceptors (Lipinski definition) is 4. The lowest BCUT2D eigenvalue weighted by Crippen LogP contribution is -2.17. The Morgan fingerprint density at radius 3 is 2.88 bits per heavy atom. The molecule has 2 aromatic heterocycles. The molecule has 0 aliphatic carbocycles. The number of aryl methyl sites for hydroxylation is 1. The van der Waals surface area contributed by atoms with Crippen LogP contribution in [0.15, 0.2) is 36.5 Å². The first-order valence-electron chi connectivity index (χ1n) is 8.56. The summed E-state index contributed by atoms with van der Waals surface area (Å²) in [7, 11) is 0. The number of benzene rings is 1. The summed E-state index contributed by atoms with van der Waals surface area (Å²) in [5.41, 5.74) is 3.47. The van der Waals surface area contributed by atoms with Gasteiger partial charge in [-0.3, -0.25) is 0 Å². The van der Waals surface area contributed by atoms with E-state index >= 15 is 0 Å². The molecule has 0 bridgehead atoms. The molecule has 1 unspecified atom stereocenters. The highest BCUT2D eigenvalue weighted by Gasteiger charge is 2.06. The van der Waals surface area contributed by atoms with Gasteiger partial charge in [-0.25, -0.2) is 4.98 Å². The van der Waals surface area contributed by atoms with Gasteiger partial charge in [0.1, 0.15) is 5.82 Å². The number of hydrogen-bond donors (Lipinski definition) is 3. The fraction of sp³-hybridized carbons (Fsp3) is 0.368. The Morgan fingerprint density at radius 2 is 2.04 bits per heavy atom. The molecule has 24 heavy (non-hydrogen) atoms. The first kappa shape index (κ1) is 16.3. The second kappa shape index (κ2) is 7.34. The predicted octanol–water partition coefficient (Wildman–Crippen LogP) is 4.13. The van der Waals surface area contributed by atoms with Crippen molar-refractivity contribution < 1.29 is 0 Å². The van der Waals surface area contributed by atoms with Crippen LogP contribution in [0.1, 0.15) is 31.5 Å². The third-order valence-electron chi connectivity index (χ3n) is 4.22. The average Bonchev–Trinajstić information content (AvgIpc) is 2.98. The second-order valence-corrected chi connectivity index (χ2v) is 6.21. The number of nitrogens with one attached hydrogen (secondary N) is 3. The van der Waals surface area contributed by atoms with Gasteiger partial charge in [-0.2, -0.15) is 4.98 Å². The zero-order valence-corrected chi connectivity index (χ0v) is 14.6. The van der Waals surface area contributed by atoms with Crippen LogP contribution in [0.2, 0.25) is 0 Å². The normalized spacial score (nSPS) is 12.3. The zero-order valence-electron chi connectivity index (χ0n) is 14.6. The molecule has 3 rings (SSSR count). The van der Waals surface area contributed by atoms with Crippen LogP contribution in [0, 0.1) is 6.92 Å². The fourth-order valence-electron chi connectivity index (χ4n) is 2.71. The minimum atomic E-state index is 0.367. The smallest absolute Gasteiger partial charge is 0.225 e. The van der Waals surface area contributed by atoms with Crippen molar-refractivity contribution in [1.29, 1.82) is 0 Å². The topological polar surface area (TPSA) is 65.6 Å². The molecule has 0 saturated carbocycles. The first-order chi connectivity index (χ1) is 11.7. The molecule has 0 fully saturated rings. The van der Waals surface area contributed by atoms with Crippen molar-refractivity contribution >= 4 is 22.7 Å². The van der Waals surface area contributed by atoms with Gasteiger partial charge < -0.3 is 15.6 Å². The summed E-state index contributed by atoms with van der Waals surface area (Å²) in [5.74, 6) is 1.56. The minimum Gasteiger partial charge on any atom is -0.370 e. The van der Waals surface area contributed by atoms with Crippen molar-refractivity contribution in [2.24, 2.45) is 0 Å². The van der Waals surface area contributed by atoms with Gasteiger partial charge in [-0.15, -0.1) is 0 Å². The summed E-state index contributed by atoms with van der Waals surface area (Å²) in [6, 6.07) is 10.7. The van der Waals surface area contributed by atoms with Crippen LogP contribution in [0.5, 0.6) is 0 Å². The average molecular weight is 323 g/mol. The fourth-order valence-corrected chi connectivity index (χ4v) is 2.71. The molecule has 3 N–H and O–H groups in total. The van der Waals surface area contributed by atoms with E-state index in [0.717, 1.165) is 30.9 Å². The summed E-state index contributed by atoms with van der Waals surface area (Å²) >= 11 is 0. The van der Waals surface area contributed by atoms with E-state index in [1.807, 2.05) is 13.0 Å². The maximum atomic E-state index is 4.56. The molecule has 0 saturated heterocycles. The largest absolute Gasteiger partial charge is 0.370 e. The Morgan fingerprint density at radius 1 is 1.21 bits per heavy atom. The summed E-state index contributed by atoms with van der Waals surface area (Å²) < 4.78 is 0. The molecule has 0 amide bonds. The maximum Gasteiger partial charge on any atom is 0.225 e. The molecular weight excluding hydrogens is 298 g/mol. The van der Waals surface area contributed by atoms with Gasteiger partial charge in [0.15, 0.2) is 0 Å². The maximum absolute atomic E-state index is 4.56. The Balaban J connectivity index is 1.64. The second-order valence-electron chi connectivity index (χ2n) is 6.21. The van der Waals surface area contributed by atoms with Gasteiger partial charge in [-0.05, 0) is 38.3 Å². The van der Waals surface area contributed by atoms with Crippen LogP contribution in [-0.2, 0) is 6.42 Å².